The highest BCUT2D eigenvalue weighted by molar-refractivity contribution is 5.80. The number of nitrogens with one attached hydrogen (secondary N) is 1. The molecule has 1 amide bonds. The van der Waals surface area contributed by atoms with Gasteiger partial charge in [0.25, 0.3) is 0 Å². The molecule has 1 aromatic heterocycles. The van der Waals surface area contributed by atoms with E-state index in [1.165, 1.54) is 5.56 Å². The molecule has 134 valence electrons. The average molecular weight is 334 g/mol. The summed E-state index contributed by atoms with van der Waals surface area (Å²) in [5.41, 5.74) is 1.17. The third kappa shape index (κ3) is 3.98. The maximum atomic E-state index is 13.1. The van der Waals surface area contributed by atoms with E-state index < -0.39 is 0 Å². The summed E-state index contributed by atoms with van der Waals surface area (Å²) in [6.45, 7) is 6.28. The van der Waals surface area contributed by atoms with Crippen molar-refractivity contribution in [2.75, 3.05) is 32.8 Å². The number of hydrogen-bond acceptors (Lipinski definition) is 4. The molecule has 6 heteroatoms. The van der Waals surface area contributed by atoms with Crippen LogP contribution in [0.2, 0.25) is 0 Å². The van der Waals surface area contributed by atoms with Crippen LogP contribution in [0.3, 0.4) is 0 Å². The van der Waals surface area contributed by atoms with Crippen molar-refractivity contribution < 1.29 is 9.53 Å². The Kier molecular flexibility index (Phi) is 5.89. The zero-order valence-electron chi connectivity index (χ0n) is 14.9. The van der Waals surface area contributed by atoms with Gasteiger partial charge in [0.2, 0.25) is 5.91 Å². The zero-order valence-corrected chi connectivity index (χ0v) is 14.9. The molecule has 0 bridgehead atoms. The van der Waals surface area contributed by atoms with E-state index in [-0.39, 0.29) is 11.8 Å². The molecule has 24 heavy (non-hydrogen) atoms. The van der Waals surface area contributed by atoms with E-state index in [2.05, 4.69) is 22.2 Å². The van der Waals surface area contributed by atoms with Crippen LogP contribution in [0.25, 0.3) is 0 Å². The van der Waals surface area contributed by atoms with Gasteiger partial charge in [-0.05, 0) is 31.2 Å². The lowest BCUT2D eigenvalue weighted by molar-refractivity contribution is -0.135. The summed E-state index contributed by atoms with van der Waals surface area (Å²) in [4.78, 5) is 15.1. The van der Waals surface area contributed by atoms with E-state index in [1.807, 2.05) is 24.1 Å². The maximum Gasteiger partial charge on any atom is 0.227 e. The van der Waals surface area contributed by atoms with Crippen LogP contribution >= 0.6 is 0 Å². The van der Waals surface area contributed by atoms with Crippen LogP contribution in [0.1, 0.15) is 44.1 Å². The second-order valence-corrected chi connectivity index (χ2v) is 7.07. The molecule has 3 atom stereocenters. The molecule has 1 N–H and O–H groups in total. The minimum Gasteiger partial charge on any atom is -0.378 e. The molecule has 3 rings (SSSR count). The van der Waals surface area contributed by atoms with Gasteiger partial charge >= 0.3 is 0 Å². The normalized spacial score (nSPS) is 28.1. The van der Waals surface area contributed by atoms with E-state index in [1.54, 1.807) is 0 Å². The molecule has 3 heterocycles. The molecule has 0 radical (unpaired) electrons. The number of carbonyl (C=O) groups excluding carboxylic acids is 1. The quantitative estimate of drug-likeness (QED) is 0.887. The molecule has 2 fully saturated rings. The van der Waals surface area contributed by atoms with E-state index in [0.717, 1.165) is 58.5 Å². The van der Waals surface area contributed by atoms with E-state index in [4.69, 9.17) is 4.74 Å². The zero-order chi connectivity index (χ0) is 16.9. The number of aryl methyl sites for hydroxylation is 1. The number of likely N-dealkylation sites (tertiary alicyclic amines) is 1. The highest BCUT2D eigenvalue weighted by Gasteiger charge is 2.37. The Morgan fingerprint density at radius 2 is 2.25 bits per heavy atom. The molecule has 1 aromatic rings. The lowest BCUT2D eigenvalue weighted by Crippen LogP contribution is -2.39. The Balaban J connectivity index is 1.61. The second kappa shape index (κ2) is 8.12. The van der Waals surface area contributed by atoms with Crippen molar-refractivity contribution >= 4 is 5.91 Å². The van der Waals surface area contributed by atoms with E-state index in [0.29, 0.717) is 12.0 Å². The largest absolute Gasteiger partial charge is 0.378 e. The highest BCUT2D eigenvalue weighted by Crippen LogP contribution is 2.30. The predicted molar refractivity (Wildman–Crippen MR) is 92.8 cm³/mol. The maximum absolute atomic E-state index is 13.1. The smallest absolute Gasteiger partial charge is 0.227 e. The summed E-state index contributed by atoms with van der Waals surface area (Å²) >= 11 is 0. The molecule has 2 saturated heterocycles. The highest BCUT2D eigenvalue weighted by atomic mass is 16.5. The number of rotatable bonds is 5. The molecule has 2 aliphatic rings. The standard InChI is InChI=1S/C18H30N4O2/c1-3-9-24-15-5-4-7-22(8-6-15)18(23)17-12-19-11-16(17)14-10-20-21(2)13-14/h10,13,15-17,19H,3-9,11-12H2,1-2H3/t15?,16-,17+/m1/s1. The Morgan fingerprint density at radius 1 is 1.38 bits per heavy atom. The topological polar surface area (TPSA) is 59.4 Å². The van der Waals surface area contributed by atoms with Crippen LogP contribution in [0, 0.1) is 5.92 Å². The first-order valence-electron chi connectivity index (χ1n) is 9.28. The van der Waals surface area contributed by atoms with Gasteiger partial charge < -0.3 is 15.0 Å². The summed E-state index contributed by atoms with van der Waals surface area (Å²) in [6.07, 6.45) is 8.38. The van der Waals surface area contributed by atoms with E-state index >= 15 is 0 Å². The second-order valence-electron chi connectivity index (χ2n) is 7.07. The first-order valence-corrected chi connectivity index (χ1v) is 9.28. The van der Waals surface area contributed by atoms with Crippen LogP contribution in [0.4, 0.5) is 0 Å². The molecule has 0 aromatic carbocycles. The number of aromatic nitrogens is 2. The van der Waals surface area contributed by atoms with Crippen LogP contribution in [0.5, 0.6) is 0 Å². The van der Waals surface area contributed by atoms with Gasteiger partial charge in [0, 0.05) is 51.9 Å². The predicted octanol–water partition coefficient (Wildman–Crippen LogP) is 1.53. The Bertz CT molecular complexity index is 545. The lowest BCUT2D eigenvalue weighted by atomic mass is 9.89. The molecular weight excluding hydrogens is 304 g/mol. The Morgan fingerprint density at radius 3 is 3.00 bits per heavy atom. The van der Waals surface area contributed by atoms with Gasteiger partial charge in [-0.3, -0.25) is 9.48 Å². The number of hydrogen-bond donors (Lipinski definition) is 1. The molecule has 0 spiro atoms. The third-order valence-electron chi connectivity index (χ3n) is 5.23. The summed E-state index contributed by atoms with van der Waals surface area (Å²) in [5, 5.41) is 7.66. The monoisotopic (exact) mass is 334 g/mol. The van der Waals surface area contributed by atoms with E-state index in [9.17, 15) is 4.79 Å². The van der Waals surface area contributed by atoms with Crippen molar-refractivity contribution in [2.24, 2.45) is 13.0 Å². The fourth-order valence-corrected chi connectivity index (χ4v) is 3.89. The SMILES string of the molecule is CCCOC1CCCN(C(=O)[C@H]2CNC[C@@H]2c2cnn(C)c2)CC1. The van der Waals surface area contributed by atoms with Crippen molar-refractivity contribution in [1.29, 1.82) is 0 Å². The first-order chi connectivity index (χ1) is 11.7. The van der Waals surface area contributed by atoms with Crippen LogP contribution in [-0.2, 0) is 16.6 Å². The van der Waals surface area contributed by atoms with Crippen molar-refractivity contribution in [3.63, 3.8) is 0 Å². The van der Waals surface area contributed by atoms with Gasteiger partial charge in [-0.2, -0.15) is 5.10 Å². The fourth-order valence-electron chi connectivity index (χ4n) is 3.89. The molecule has 2 aliphatic heterocycles. The summed E-state index contributed by atoms with van der Waals surface area (Å²) in [6, 6.07) is 0. The average Bonchev–Trinajstić information content (AvgIpc) is 3.16. The van der Waals surface area contributed by atoms with Crippen LogP contribution in [0.15, 0.2) is 12.4 Å². The third-order valence-corrected chi connectivity index (χ3v) is 5.23. The Hall–Kier alpha value is -1.40. The van der Waals surface area contributed by atoms with Gasteiger partial charge in [0.05, 0.1) is 18.2 Å². The fraction of sp³-hybridized carbons (Fsp3) is 0.778. The lowest BCUT2D eigenvalue weighted by Gasteiger charge is -2.26. The summed E-state index contributed by atoms with van der Waals surface area (Å²) in [5.74, 6) is 0.564. The number of carbonyl (C=O) groups is 1. The number of amides is 1. The molecular formula is C18H30N4O2. The van der Waals surface area contributed by atoms with Crippen molar-refractivity contribution in [2.45, 2.75) is 44.6 Å². The summed E-state index contributed by atoms with van der Waals surface area (Å²) < 4.78 is 7.71. The van der Waals surface area contributed by atoms with Gasteiger partial charge in [-0.1, -0.05) is 6.92 Å². The van der Waals surface area contributed by atoms with Crippen LogP contribution in [-0.4, -0.2) is 59.5 Å². The minimum atomic E-state index is 0.0299. The van der Waals surface area contributed by atoms with Gasteiger partial charge in [0.15, 0.2) is 0 Å². The molecule has 6 nitrogen and oxygen atoms in total. The molecule has 0 saturated carbocycles. The Labute approximate surface area is 144 Å². The molecule has 1 unspecified atom stereocenters. The minimum absolute atomic E-state index is 0.0299. The first kappa shape index (κ1) is 17.4. The van der Waals surface area contributed by atoms with Gasteiger partial charge in [-0.15, -0.1) is 0 Å². The number of ether oxygens (including phenoxy) is 1. The van der Waals surface area contributed by atoms with Crippen molar-refractivity contribution in [3.8, 4) is 0 Å². The van der Waals surface area contributed by atoms with Gasteiger partial charge in [-0.25, -0.2) is 0 Å². The number of nitrogens with zero attached hydrogens (tertiary/aromatic N) is 3. The van der Waals surface area contributed by atoms with Crippen LogP contribution < -0.4 is 5.32 Å². The molecule has 0 aliphatic carbocycles. The van der Waals surface area contributed by atoms with Crippen molar-refractivity contribution in [1.82, 2.24) is 20.0 Å². The van der Waals surface area contributed by atoms with Crippen molar-refractivity contribution in [3.05, 3.63) is 18.0 Å². The summed E-state index contributed by atoms with van der Waals surface area (Å²) in [7, 11) is 1.92. The van der Waals surface area contributed by atoms with Gasteiger partial charge in [0.1, 0.15) is 0 Å².